The molecule has 0 spiro atoms. The van der Waals surface area contributed by atoms with Gasteiger partial charge in [0.2, 0.25) is 0 Å². The van der Waals surface area contributed by atoms with Crippen LogP contribution in [0.1, 0.15) is 77.6 Å². The number of aliphatic hydroxyl groups excluding tert-OH is 2. The monoisotopic (exact) mass is 364 g/mol. The number of carboxylic acid groups (broad SMARTS) is 1. The van der Waals surface area contributed by atoms with Crippen LogP contribution in [0, 0.1) is 17.8 Å². The maximum atomic E-state index is 10.6. The van der Waals surface area contributed by atoms with E-state index in [0.29, 0.717) is 18.3 Å². The van der Waals surface area contributed by atoms with Gasteiger partial charge in [0.15, 0.2) is 0 Å². The molecule has 0 radical (unpaired) electrons. The lowest BCUT2D eigenvalue weighted by Crippen LogP contribution is -2.17. The van der Waals surface area contributed by atoms with E-state index in [9.17, 15) is 15.0 Å². The van der Waals surface area contributed by atoms with Gasteiger partial charge < -0.3 is 15.3 Å². The summed E-state index contributed by atoms with van der Waals surface area (Å²) in [6.07, 6.45) is 15.6. The third-order valence-corrected chi connectivity index (χ3v) is 6.05. The molecule has 2 aliphatic carbocycles. The van der Waals surface area contributed by atoms with Crippen molar-refractivity contribution in [1.82, 2.24) is 0 Å². The first-order valence-corrected chi connectivity index (χ1v) is 10.5. The van der Waals surface area contributed by atoms with Gasteiger partial charge in [0, 0.05) is 12.3 Å². The summed E-state index contributed by atoms with van der Waals surface area (Å²) in [6, 6.07) is 0. The Morgan fingerprint density at radius 1 is 1.23 bits per heavy atom. The van der Waals surface area contributed by atoms with Crippen molar-refractivity contribution in [2.75, 3.05) is 0 Å². The molecular weight excluding hydrogens is 328 g/mol. The molecule has 0 bridgehead atoms. The SMILES string of the molecule is CCCCCC[C@@H](O)C=C[C@@H]1[C@H]2CC(=CCCCC(=O)O)C[C@@H]2C[C@H]1O. The van der Waals surface area contributed by atoms with Gasteiger partial charge in [-0.05, 0) is 50.4 Å². The van der Waals surface area contributed by atoms with Gasteiger partial charge in [0.1, 0.15) is 0 Å². The number of hydrogen-bond donors (Lipinski definition) is 3. The lowest BCUT2D eigenvalue weighted by molar-refractivity contribution is -0.137. The number of hydrogen-bond acceptors (Lipinski definition) is 3. The molecule has 0 amide bonds. The number of aliphatic hydroxyl groups is 2. The average molecular weight is 365 g/mol. The fraction of sp³-hybridized carbons (Fsp3) is 0.773. The Morgan fingerprint density at radius 2 is 2.04 bits per heavy atom. The van der Waals surface area contributed by atoms with Crippen molar-refractivity contribution >= 4 is 5.97 Å². The largest absolute Gasteiger partial charge is 0.481 e. The molecular formula is C22H36O4. The molecule has 0 heterocycles. The Bertz CT molecular complexity index is 496. The fourth-order valence-electron chi connectivity index (χ4n) is 4.63. The third-order valence-electron chi connectivity index (χ3n) is 6.05. The van der Waals surface area contributed by atoms with Gasteiger partial charge in [0.25, 0.3) is 0 Å². The van der Waals surface area contributed by atoms with Gasteiger partial charge in [-0.3, -0.25) is 4.79 Å². The Kier molecular flexibility index (Phi) is 8.86. The quantitative estimate of drug-likeness (QED) is 0.373. The van der Waals surface area contributed by atoms with Crippen LogP contribution in [0.15, 0.2) is 23.8 Å². The minimum absolute atomic E-state index is 0.148. The summed E-state index contributed by atoms with van der Waals surface area (Å²) in [5, 5.41) is 29.3. The Hall–Kier alpha value is -1.13. The maximum absolute atomic E-state index is 10.6. The summed E-state index contributed by atoms with van der Waals surface area (Å²) in [5.41, 5.74) is 1.43. The molecule has 0 saturated heterocycles. The number of allylic oxidation sites excluding steroid dienone is 2. The first-order chi connectivity index (χ1) is 12.5. The van der Waals surface area contributed by atoms with E-state index in [-0.39, 0.29) is 18.4 Å². The van der Waals surface area contributed by atoms with Crippen LogP contribution in [-0.4, -0.2) is 33.5 Å². The van der Waals surface area contributed by atoms with Crippen LogP contribution in [-0.2, 0) is 4.79 Å². The molecule has 26 heavy (non-hydrogen) atoms. The maximum Gasteiger partial charge on any atom is 0.303 e. The zero-order valence-corrected chi connectivity index (χ0v) is 16.1. The summed E-state index contributed by atoms with van der Waals surface area (Å²) in [5.74, 6) is 0.426. The molecule has 0 aromatic rings. The molecule has 0 unspecified atom stereocenters. The van der Waals surface area contributed by atoms with Gasteiger partial charge in [-0.2, -0.15) is 0 Å². The second kappa shape index (κ2) is 10.9. The first-order valence-electron chi connectivity index (χ1n) is 10.5. The van der Waals surface area contributed by atoms with E-state index >= 15 is 0 Å². The highest BCUT2D eigenvalue weighted by molar-refractivity contribution is 5.66. The molecule has 4 heteroatoms. The van der Waals surface area contributed by atoms with Crippen LogP contribution in [0.4, 0.5) is 0 Å². The highest BCUT2D eigenvalue weighted by Crippen LogP contribution is 2.50. The summed E-state index contributed by atoms with van der Waals surface area (Å²) >= 11 is 0. The van der Waals surface area contributed by atoms with Crippen LogP contribution >= 0.6 is 0 Å². The summed E-state index contributed by atoms with van der Waals surface area (Å²) < 4.78 is 0. The number of rotatable bonds is 11. The molecule has 2 saturated carbocycles. The molecule has 148 valence electrons. The van der Waals surface area contributed by atoms with E-state index in [0.717, 1.165) is 38.5 Å². The average Bonchev–Trinajstić information content (AvgIpc) is 3.10. The number of carbonyl (C=O) groups is 1. The van der Waals surface area contributed by atoms with Crippen molar-refractivity contribution < 1.29 is 20.1 Å². The second-order valence-corrected chi connectivity index (χ2v) is 8.16. The smallest absolute Gasteiger partial charge is 0.303 e. The van der Waals surface area contributed by atoms with Crippen LogP contribution in [0.25, 0.3) is 0 Å². The predicted molar refractivity (Wildman–Crippen MR) is 104 cm³/mol. The van der Waals surface area contributed by atoms with Gasteiger partial charge >= 0.3 is 5.97 Å². The van der Waals surface area contributed by atoms with E-state index in [1.807, 2.05) is 6.08 Å². The number of unbranched alkanes of at least 4 members (excludes halogenated alkanes) is 4. The van der Waals surface area contributed by atoms with Gasteiger partial charge in [-0.15, -0.1) is 0 Å². The van der Waals surface area contributed by atoms with Crippen molar-refractivity contribution in [3.8, 4) is 0 Å². The number of fused-ring (bicyclic) bond motifs is 1. The van der Waals surface area contributed by atoms with Crippen LogP contribution in [0.2, 0.25) is 0 Å². The molecule has 0 aliphatic heterocycles. The van der Waals surface area contributed by atoms with E-state index in [4.69, 9.17) is 5.11 Å². The second-order valence-electron chi connectivity index (χ2n) is 8.16. The summed E-state index contributed by atoms with van der Waals surface area (Å²) in [7, 11) is 0. The van der Waals surface area contributed by atoms with Crippen molar-refractivity contribution in [3.05, 3.63) is 23.8 Å². The van der Waals surface area contributed by atoms with Crippen molar-refractivity contribution in [2.45, 2.75) is 89.8 Å². The third kappa shape index (κ3) is 6.55. The van der Waals surface area contributed by atoms with Crippen molar-refractivity contribution in [1.29, 1.82) is 0 Å². The number of carboxylic acids is 1. The van der Waals surface area contributed by atoms with Crippen LogP contribution in [0.3, 0.4) is 0 Å². The highest BCUT2D eigenvalue weighted by atomic mass is 16.4. The predicted octanol–water partition coefficient (Wildman–Crippen LogP) is 4.46. The minimum atomic E-state index is -0.728. The molecule has 2 fully saturated rings. The van der Waals surface area contributed by atoms with Crippen molar-refractivity contribution in [2.24, 2.45) is 17.8 Å². The minimum Gasteiger partial charge on any atom is -0.481 e. The molecule has 2 rings (SSSR count). The zero-order chi connectivity index (χ0) is 18.9. The molecule has 5 atom stereocenters. The Balaban J connectivity index is 1.79. The van der Waals surface area contributed by atoms with Crippen molar-refractivity contribution in [3.63, 3.8) is 0 Å². The summed E-state index contributed by atoms with van der Waals surface area (Å²) in [4.78, 5) is 10.6. The standard InChI is InChI=1S/C22H36O4/c1-2-3-4-5-9-18(23)11-12-19-20-14-16(8-6-7-10-22(25)26)13-17(20)15-21(19)24/h8,11-12,17-21,23-24H,2-7,9-10,13-15H2,1H3,(H,25,26)/t17-,18-,19-,20+,21-/m1/s1. The number of aliphatic carboxylic acids is 1. The molecule has 4 nitrogen and oxygen atoms in total. The lowest BCUT2D eigenvalue weighted by atomic mass is 9.90. The molecule has 3 N–H and O–H groups in total. The lowest BCUT2D eigenvalue weighted by Gasteiger charge is -2.17. The van der Waals surface area contributed by atoms with Gasteiger partial charge in [-0.1, -0.05) is 56.4 Å². The molecule has 0 aromatic carbocycles. The Labute approximate surface area is 158 Å². The zero-order valence-electron chi connectivity index (χ0n) is 16.1. The molecule has 0 aromatic heterocycles. The Morgan fingerprint density at radius 3 is 2.77 bits per heavy atom. The van der Waals surface area contributed by atoms with E-state index < -0.39 is 12.1 Å². The molecule has 2 aliphatic rings. The van der Waals surface area contributed by atoms with Crippen LogP contribution < -0.4 is 0 Å². The van der Waals surface area contributed by atoms with E-state index in [2.05, 4.69) is 19.1 Å². The highest BCUT2D eigenvalue weighted by Gasteiger charge is 2.44. The van der Waals surface area contributed by atoms with Crippen LogP contribution in [0.5, 0.6) is 0 Å². The normalized spacial score (nSPS) is 31.0. The fourth-order valence-corrected chi connectivity index (χ4v) is 4.63. The van der Waals surface area contributed by atoms with Gasteiger partial charge in [0.05, 0.1) is 12.2 Å². The van der Waals surface area contributed by atoms with E-state index in [1.54, 1.807) is 0 Å². The van der Waals surface area contributed by atoms with E-state index in [1.165, 1.54) is 24.8 Å². The van der Waals surface area contributed by atoms with Gasteiger partial charge in [-0.25, -0.2) is 0 Å². The first kappa shape index (κ1) is 21.2. The topological polar surface area (TPSA) is 77.8 Å². The summed E-state index contributed by atoms with van der Waals surface area (Å²) in [6.45, 7) is 2.19.